The lowest BCUT2D eigenvalue weighted by Crippen LogP contribution is -1.93. The molecule has 5 heteroatoms. The monoisotopic (exact) mass is 254 g/mol. The van der Waals surface area contributed by atoms with Crippen LogP contribution in [0.2, 0.25) is 0 Å². The predicted octanol–water partition coefficient (Wildman–Crippen LogP) is 2.62. The number of carboxylic acid groups (broad SMARTS) is 1. The smallest absolute Gasteiger partial charge is 0.330 e. The van der Waals surface area contributed by atoms with Crippen LogP contribution in [0.1, 0.15) is 13.8 Å². The van der Waals surface area contributed by atoms with Gasteiger partial charge in [0.05, 0.1) is 0 Å². The summed E-state index contributed by atoms with van der Waals surface area (Å²) in [6, 6.07) is 0. The normalized spacial score (nSPS) is 10.4. The average molecular weight is 254 g/mol. The van der Waals surface area contributed by atoms with Gasteiger partial charge in [0.2, 0.25) is 0 Å². The summed E-state index contributed by atoms with van der Waals surface area (Å²) in [7, 11) is 0. The van der Waals surface area contributed by atoms with Crippen molar-refractivity contribution in [2.24, 2.45) is 0 Å². The largest absolute Gasteiger partial charge is 0.478 e. The first-order chi connectivity index (χ1) is 6.59. The third kappa shape index (κ3) is 14.8. The Morgan fingerprint density at radius 3 is 1.93 bits per heavy atom. The van der Waals surface area contributed by atoms with Crippen molar-refractivity contribution < 1.29 is 9.90 Å². The molecule has 0 spiro atoms. The molecule has 0 amide bonds. The Kier molecular flexibility index (Phi) is 15.8. The minimum Gasteiger partial charge on any atom is -0.478 e. The number of carboxylic acids is 1. The molecule has 0 unspecified atom stereocenters. The number of thioether (sulfide) groups is 1. The van der Waals surface area contributed by atoms with Gasteiger partial charge in [-0.3, -0.25) is 0 Å². The van der Waals surface area contributed by atoms with Gasteiger partial charge in [0, 0.05) is 17.1 Å². The highest BCUT2D eigenvalue weighted by atomic mass is 32.2. The highest BCUT2D eigenvalue weighted by Crippen LogP contribution is 1.99. The topological polar surface area (TPSA) is 37.3 Å². The van der Waals surface area contributed by atoms with Crippen LogP contribution in [0.5, 0.6) is 0 Å². The Hall–Kier alpha value is 0.260. The molecule has 0 aliphatic heterocycles. The maximum Gasteiger partial charge on any atom is 0.330 e. The number of rotatable bonds is 5. The van der Waals surface area contributed by atoms with Crippen LogP contribution in [0.15, 0.2) is 11.6 Å². The molecule has 0 aromatic heterocycles. The lowest BCUT2D eigenvalue weighted by atomic mass is 10.3. The quantitative estimate of drug-likeness (QED) is 0.401. The molecule has 0 radical (unpaired) electrons. The van der Waals surface area contributed by atoms with Crippen LogP contribution in [0.3, 0.4) is 0 Å². The van der Waals surface area contributed by atoms with Gasteiger partial charge in [0.25, 0.3) is 0 Å². The van der Waals surface area contributed by atoms with E-state index in [9.17, 15) is 4.79 Å². The van der Waals surface area contributed by atoms with Gasteiger partial charge < -0.3 is 5.11 Å². The summed E-state index contributed by atoms with van der Waals surface area (Å²) in [4.78, 5) is 9.86. The van der Waals surface area contributed by atoms with Crippen LogP contribution in [0.4, 0.5) is 0 Å². The van der Waals surface area contributed by atoms with E-state index in [1.165, 1.54) is 0 Å². The zero-order valence-electron chi connectivity index (χ0n) is 8.56. The third-order valence-corrected chi connectivity index (χ3v) is 3.28. The first-order valence-electron chi connectivity index (χ1n) is 4.25. The number of allylic oxidation sites excluding steroid dienone is 1. The van der Waals surface area contributed by atoms with Crippen molar-refractivity contribution in [1.29, 1.82) is 0 Å². The minimum absolute atomic E-state index is 0.389. The minimum atomic E-state index is -0.845. The molecule has 0 fully saturated rings. The zero-order chi connectivity index (χ0) is 11.4. The highest BCUT2D eigenvalue weighted by molar-refractivity contribution is 8.00. The first kappa shape index (κ1) is 16.7. The van der Waals surface area contributed by atoms with Gasteiger partial charge in [-0.05, 0) is 25.4 Å². The molecular formula is C9H18O2S3. The third-order valence-electron chi connectivity index (χ3n) is 1.24. The summed E-state index contributed by atoms with van der Waals surface area (Å²) in [5, 5.41) is 8.11. The van der Waals surface area contributed by atoms with E-state index in [2.05, 4.69) is 25.3 Å². The van der Waals surface area contributed by atoms with Crippen molar-refractivity contribution in [2.45, 2.75) is 13.8 Å². The van der Waals surface area contributed by atoms with Gasteiger partial charge in [0.1, 0.15) is 0 Å². The van der Waals surface area contributed by atoms with E-state index in [0.29, 0.717) is 5.57 Å². The molecular weight excluding hydrogens is 236 g/mol. The SMILES string of the molecule is CC=C(C)C(=O)O.SCCSCCS. The van der Waals surface area contributed by atoms with Gasteiger partial charge in [-0.15, -0.1) is 0 Å². The number of thiol groups is 2. The lowest BCUT2D eigenvalue weighted by Gasteiger charge is -1.90. The fraction of sp³-hybridized carbons (Fsp3) is 0.667. The van der Waals surface area contributed by atoms with Gasteiger partial charge in [0.15, 0.2) is 0 Å². The maximum absolute atomic E-state index is 9.86. The van der Waals surface area contributed by atoms with E-state index >= 15 is 0 Å². The summed E-state index contributed by atoms with van der Waals surface area (Å²) in [6.07, 6.45) is 1.56. The standard InChI is InChI=1S/C5H8O2.C4H10S3/c1-3-4(2)5(6)7;5-1-3-7-4-2-6/h3H,1-2H3,(H,6,7);5-6H,1-4H2. The van der Waals surface area contributed by atoms with Crippen molar-refractivity contribution in [3.05, 3.63) is 11.6 Å². The van der Waals surface area contributed by atoms with E-state index in [1.807, 2.05) is 11.8 Å². The number of hydrogen-bond acceptors (Lipinski definition) is 4. The van der Waals surface area contributed by atoms with E-state index in [4.69, 9.17) is 5.11 Å². The van der Waals surface area contributed by atoms with Gasteiger partial charge in [-0.2, -0.15) is 37.0 Å². The molecule has 0 aliphatic rings. The molecule has 0 aromatic carbocycles. The fourth-order valence-electron chi connectivity index (χ4n) is 0.355. The van der Waals surface area contributed by atoms with Crippen molar-refractivity contribution in [1.82, 2.24) is 0 Å². The van der Waals surface area contributed by atoms with Crippen LogP contribution in [-0.4, -0.2) is 34.1 Å². The van der Waals surface area contributed by atoms with E-state index < -0.39 is 5.97 Å². The molecule has 0 aromatic rings. The molecule has 0 heterocycles. The van der Waals surface area contributed by atoms with Crippen molar-refractivity contribution >= 4 is 43.0 Å². The molecule has 0 atom stereocenters. The van der Waals surface area contributed by atoms with E-state index in [0.717, 1.165) is 23.0 Å². The molecule has 0 aliphatic carbocycles. The lowest BCUT2D eigenvalue weighted by molar-refractivity contribution is -0.132. The molecule has 2 nitrogen and oxygen atoms in total. The Labute approximate surface area is 101 Å². The second-order valence-corrected chi connectivity index (χ2v) is 4.46. The van der Waals surface area contributed by atoms with Gasteiger partial charge in [-0.25, -0.2) is 4.79 Å². The molecule has 0 saturated heterocycles. The zero-order valence-corrected chi connectivity index (χ0v) is 11.2. The van der Waals surface area contributed by atoms with Crippen LogP contribution in [0.25, 0.3) is 0 Å². The summed E-state index contributed by atoms with van der Waals surface area (Å²) >= 11 is 10.00. The number of hydrogen-bond donors (Lipinski definition) is 3. The van der Waals surface area contributed by atoms with Crippen LogP contribution >= 0.6 is 37.0 Å². The Balaban J connectivity index is 0. The fourth-order valence-corrected chi connectivity index (χ4v) is 1.59. The Morgan fingerprint density at radius 1 is 1.36 bits per heavy atom. The molecule has 84 valence electrons. The van der Waals surface area contributed by atoms with E-state index in [-0.39, 0.29) is 0 Å². The number of aliphatic carboxylic acids is 1. The Bertz CT molecular complexity index is 165. The summed E-state index contributed by atoms with van der Waals surface area (Å²) in [5.74, 6) is 3.44. The van der Waals surface area contributed by atoms with Gasteiger partial charge >= 0.3 is 5.97 Å². The van der Waals surface area contributed by atoms with Crippen molar-refractivity contribution in [3.63, 3.8) is 0 Å². The highest BCUT2D eigenvalue weighted by Gasteiger charge is 1.93. The van der Waals surface area contributed by atoms with Crippen LogP contribution < -0.4 is 0 Å². The molecule has 1 N–H and O–H groups in total. The van der Waals surface area contributed by atoms with Gasteiger partial charge in [-0.1, -0.05) is 6.08 Å². The molecule has 0 rings (SSSR count). The summed E-state index contributed by atoms with van der Waals surface area (Å²) < 4.78 is 0. The summed E-state index contributed by atoms with van der Waals surface area (Å²) in [6.45, 7) is 3.26. The summed E-state index contributed by atoms with van der Waals surface area (Å²) in [5.41, 5.74) is 0.389. The molecule has 0 saturated carbocycles. The van der Waals surface area contributed by atoms with Crippen molar-refractivity contribution in [2.75, 3.05) is 23.0 Å². The van der Waals surface area contributed by atoms with Crippen LogP contribution in [0, 0.1) is 0 Å². The average Bonchev–Trinajstić information content (AvgIpc) is 2.18. The second-order valence-electron chi connectivity index (χ2n) is 2.34. The van der Waals surface area contributed by atoms with Crippen molar-refractivity contribution in [3.8, 4) is 0 Å². The Morgan fingerprint density at radius 2 is 1.79 bits per heavy atom. The second kappa shape index (κ2) is 13.3. The molecule has 0 bridgehead atoms. The predicted molar refractivity (Wildman–Crippen MR) is 72.1 cm³/mol. The molecule has 14 heavy (non-hydrogen) atoms. The first-order valence-corrected chi connectivity index (χ1v) is 6.67. The van der Waals surface area contributed by atoms with Crippen LogP contribution in [-0.2, 0) is 4.79 Å². The number of carbonyl (C=O) groups is 1. The van der Waals surface area contributed by atoms with E-state index in [1.54, 1.807) is 19.9 Å². The maximum atomic E-state index is 9.86.